The van der Waals surface area contributed by atoms with Crippen molar-refractivity contribution in [2.45, 2.75) is 18.5 Å². The highest BCUT2D eigenvalue weighted by Crippen LogP contribution is 2.42. The molecule has 1 aromatic carbocycles. The maximum Gasteiger partial charge on any atom is 0.290 e. The van der Waals surface area contributed by atoms with Gasteiger partial charge in [0.2, 0.25) is 5.78 Å². The molecule has 1 amide bonds. The summed E-state index contributed by atoms with van der Waals surface area (Å²) in [5.41, 5.74) is 0.560. The minimum atomic E-state index is -3.27. The third kappa shape index (κ3) is 3.25. The molecule has 6 nitrogen and oxygen atoms in total. The molecule has 28 heavy (non-hydrogen) atoms. The zero-order valence-corrected chi connectivity index (χ0v) is 16.9. The number of nitrogens with zero attached hydrogens (tertiary/aromatic N) is 1. The molecule has 2 atom stereocenters. The number of carbonyl (C=O) groups is 2. The lowest BCUT2D eigenvalue weighted by Gasteiger charge is -2.31. The fourth-order valence-corrected chi connectivity index (χ4v) is 6.25. The molecule has 0 spiro atoms. The van der Waals surface area contributed by atoms with E-state index in [1.54, 1.807) is 41.8 Å². The van der Waals surface area contributed by atoms with Gasteiger partial charge in [0.1, 0.15) is 0 Å². The van der Waals surface area contributed by atoms with Crippen LogP contribution in [0.5, 0.6) is 0 Å². The molecule has 2 aromatic rings. The molecule has 4 rings (SSSR count). The van der Waals surface area contributed by atoms with Gasteiger partial charge in [-0.25, -0.2) is 8.42 Å². The molecule has 2 aliphatic rings. The molecular formula is C19H16ClNO5S2. The number of sulfone groups is 1. The van der Waals surface area contributed by atoms with Gasteiger partial charge in [-0.15, -0.1) is 11.3 Å². The summed E-state index contributed by atoms with van der Waals surface area (Å²) in [6.07, 6.45) is 0.270. The van der Waals surface area contributed by atoms with Crippen LogP contribution in [0.4, 0.5) is 0 Å². The maximum absolute atomic E-state index is 13.1. The van der Waals surface area contributed by atoms with E-state index in [1.807, 2.05) is 0 Å². The summed E-state index contributed by atoms with van der Waals surface area (Å²) in [6.45, 7) is 0. The van der Waals surface area contributed by atoms with Gasteiger partial charge in [-0.05, 0) is 35.6 Å². The van der Waals surface area contributed by atoms with Crippen molar-refractivity contribution in [2.24, 2.45) is 0 Å². The van der Waals surface area contributed by atoms with Gasteiger partial charge in [0.15, 0.2) is 15.6 Å². The lowest BCUT2D eigenvalue weighted by Crippen LogP contribution is -2.41. The molecule has 1 fully saturated rings. The van der Waals surface area contributed by atoms with Crippen molar-refractivity contribution in [3.8, 4) is 0 Å². The van der Waals surface area contributed by atoms with Gasteiger partial charge in [0.05, 0.1) is 28.0 Å². The van der Waals surface area contributed by atoms with E-state index in [0.29, 0.717) is 15.5 Å². The van der Waals surface area contributed by atoms with Crippen LogP contribution in [0.2, 0.25) is 5.02 Å². The smallest absolute Gasteiger partial charge is 0.290 e. The SMILES string of the molecule is O=C(C1=C(O)C(=O)N(C2CCS(=O)(=O)C2)C1c1ccc(Cl)cc1)c1cccs1. The first-order valence-electron chi connectivity index (χ1n) is 8.58. The Bertz CT molecular complexity index is 1070. The number of aliphatic hydroxyl groups excluding tert-OH is 1. The Morgan fingerprint density at radius 3 is 2.50 bits per heavy atom. The Hall–Kier alpha value is -2.16. The summed E-state index contributed by atoms with van der Waals surface area (Å²) in [4.78, 5) is 27.7. The van der Waals surface area contributed by atoms with Crippen LogP contribution in [0.3, 0.4) is 0 Å². The van der Waals surface area contributed by atoms with Gasteiger partial charge >= 0.3 is 0 Å². The molecule has 1 aromatic heterocycles. The van der Waals surface area contributed by atoms with Gasteiger partial charge in [-0.2, -0.15) is 0 Å². The van der Waals surface area contributed by atoms with E-state index in [1.165, 1.54) is 16.2 Å². The Labute approximate surface area is 171 Å². The second-order valence-electron chi connectivity index (χ2n) is 6.79. The van der Waals surface area contributed by atoms with Crippen molar-refractivity contribution in [2.75, 3.05) is 11.5 Å². The average Bonchev–Trinajstić information content (AvgIpc) is 3.35. The molecular weight excluding hydrogens is 422 g/mol. The third-order valence-corrected chi connectivity index (χ3v) is 7.89. The molecule has 1 N–H and O–H groups in total. The standard InChI is InChI=1S/C19H16ClNO5S2/c20-12-5-3-11(4-6-12)16-15(17(22)14-2-1-8-27-14)18(23)19(24)21(16)13-7-9-28(25,26)10-13/h1-6,8,13,16,23H,7,9-10H2. The zero-order chi connectivity index (χ0) is 20.1. The molecule has 1 saturated heterocycles. The van der Waals surface area contributed by atoms with Crippen LogP contribution in [0.1, 0.15) is 27.7 Å². The van der Waals surface area contributed by atoms with Crippen LogP contribution in [0, 0.1) is 0 Å². The summed E-state index contributed by atoms with van der Waals surface area (Å²) < 4.78 is 24.0. The summed E-state index contributed by atoms with van der Waals surface area (Å²) in [6, 6.07) is 8.49. The van der Waals surface area contributed by atoms with Crippen molar-refractivity contribution in [1.29, 1.82) is 0 Å². The van der Waals surface area contributed by atoms with E-state index in [4.69, 9.17) is 11.6 Å². The molecule has 146 valence electrons. The van der Waals surface area contributed by atoms with Crippen molar-refractivity contribution in [3.63, 3.8) is 0 Å². The quantitative estimate of drug-likeness (QED) is 0.742. The van der Waals surface area contributed by atoms with Crippen LogP contribution >= 0.6 is 22.9 Å². The first kappa shape index (κ1) is 19.2. The Balaban J connectivity index is 1.82. The molecule has 9 heteroatoms. The number of amides is 1. The molecule has 0 aliphatic carbocycles. The number of hydrogen-bond donors (Lipinski definition) is 1. The number of hydrogen-bond acceptors (Lipinski definition) is 6. The molecule has 0 bridgehead atoms. The predicted molar refractivity (Wildman–Crippen MR) is 106 cm³/mol. The fraction of sp³-hybridized carbons (Fsp3) is 0.263. The first-order chi connectivity index (χ1) is 13.3. The normalized spacial score (nSPS) is 24.2. The van der Waals surface area contributed by atoms with E-state index in [2.05, 4.69) is 0 Å². The second kappa shape index (κ2) is 7.02. The number of aliphatic hydroxyl groups is 1. The monoisotopic (exact) mass is 437 g/mol. The van der Waals surface area contributed by atoms with Crippen molar-refractivity contribution >= 4 is 44.5 Å². The van der Waals surface area contributed by atoms with Crippen LogP contribution in [-0.4, -0.2) is 47.7 Å². The fourth-order valence-electron chi connectivity index (χ4n) is 3.74. The molecule has 2 aliphatic heterocycles. The molecule has 0 saturated carbocycles. The van der Waals surface area contributed by atoms with Crippen molar-refractivity contribution < 1.29 is 23.1 Å². The minimum absolute atomic E-state index is 0.0241. The van der Waals surface area contributed by atoms with E-state index in [9.17, 15) is 23.1 Å². The van der Waals surface area contributed by atoms with Crippen molar-refractivity contribution in [1.82, 2.24) is 4.90 Å². The second-order valence-corrected chi connectivity index (χ2v) is 10.4. The molecule has 2 unspecified atom stereocenters. The topological polar surface area (TPSA) is 91.8 Å². The van der Waals surface area contributed by atoms with Gasteiger partial charge in [-0.3, -0.25) is 9.59 Å². The maximum atomic E-state index is 13.1. The van der Waals surface area contributed by atoms with E-state index < -0.39 is 39.4 Å². The number of Topliss-reactive ketones (excluding diaryl/α,β-unsaturated/α-hetero) is 1. The van der Waals surface area contributed by atoms with E-state index in [-0.39, 0.29) is 23.5 Å². The highest BCUT2D eigenvalue weighted by Gasteiger charge is 2.49. The van der Waals surface area contributed by atoms with Crippen LogP contribution in [0.15, 0.2) is 53.1 Å². The lowest BCUT2D eigenvalue weighted by molar-refractivity contribution is -0.131. The Morgan fingerprint density at radius 1 is 1.21 bits per heavy atom. The van der Waals surface area contributed by atoms with Crippen LogP contribution < -0.4 is 0 Å². The highest BCUT2D eigenvalue weighted by atomic mass is 35.5. The van der Waals surface area contributed by atoms with E-state index in [0.717, 1.165) is 0 Å². The number of rotatable bonds is 4. The Morgan fingerprint density at radius 2 is 1.93 bits per heavy atom. The predicted octanol–water partition coefficient (Wildman–Crippen LogP) is 3.17. The van der Waals surface area contributed by atoms with Gasteiger partial charge < -0.3 is 10.0 Å². The summed E-state index contributed by atoms with van der Waals surface area (Å²) in [5, 5.41) is 12.8. The first-order valence-corrected chi connectivity index (χ1v) is 11.7. The van der Waals surface area contributed by atoms with Gasteiger partial charge in [-0.1, -0.05) is 29.8 Å². The van der Waals surface area contributed by atoms with E-state index >= 15 is 0 Å². The zero-order valence-electron chi connectivity index (χ0n) is 14.5. The number of ketones is 1. The van der Waals surface area contributed by atoms with Crippen LogP contribution in [0.25, 0.3) is 0 Å². The largest absolute Gasteiger partial charge is 0.503 e. The highest BCUT2D eigenvalue weighted by molar-refractivity contribution is 7.91. The Kier molecular flexibility index (Phi) is 4.81. The van der Waals surface area contributed by atoms with Crippen molar-refractivity contribution in [3.05, 3.63) is 68.6 Å². The summed E-state index contributed by atoms with van der Waals surface area (Å²) in [7, 11) is -3.27. The minimum Gasteiger partial charge on any atom is -0.503 e. The lowest BCUT2D eigenvalue weighted by atomic mass is 9.94. The van der Waals surface area contributed by atoms with Gasteiger partial charge in [0, 0.05) is 11.1 Å². The molecule has 0 radical (unpaired) electrons. The number of thiophene rings is 1. The average molecular weight is 438 g/mol. The third-order valence-electron chi connectivity index (χ3n) is 5.02. The van der Waals surface area contributed by atoms with Crippen LogP contribution in [-0.2, 0) is 14.6 Å². The number of halogens is 1. The number of benzene rings is 1. The van der Waals surface area contributed by atoms with Gasteiger partial charge in [0.25, 0.3) is 5.91 Å². The summed E-state index contributed by atoms with van der Waals surface area (Å²) >= 11 is 7.18. The summed E-state index contributed by atoms with van der Waals surface area (Å²) in [5.74, 6) is -1.99. The molecule has 3 heterocycles. The number of carbonyl (C=O) groups excluding carboxylic acids is 2.